The van der Waals surface area contributed by atoms with E-state index in [1.54, 1.807) is 49.6 Å². The monoisotopic (exact) mass is 1390 g/mol. The number of azide groups is 4. The Balaban J connectivity index is 0.000000123. The van der Waals surface area contributed by atoms with Crippen LogP contribution in [-0.2, 0) is 83.6 Å². The highest BCUT2D eigenvalue weighted by Crippen LogP contribution is 2.39. The van der Waals surface area contributed by atoms with Crippen LogP contribution >= 0.6 is 0 Å². The van der Waals surface area contributed by atoms with E-state index in [2.05, 4.69) is 214 Å². The van der Waals surface area contributed by atoms with Crippen molar-refractivity contribution in [3.8, 4) is 0 Å². The lowest BCUT2D eigenvalue weighted by Crippen LogP contribution is -2.30. The van der Waals surface area contributed by atoms with Gasteiger partial charge in [-0.05, 0) is 207 Å². The average Bonchev–Trinajstić information content (AvgIpc) is 1.62. The summed E-state index contributed by atoms with van der Waals surface area (Å²) >= 11 is 0. The maximum absolute atomic E-state index is 9.24. The minimum absolute atomic E-state index is 0.243. The Morgan fingerprint density at radius 2 is 0.817 bits per heavy atom. The number of hydrogen-bond donors (Lipinski definition) is 0. The Kier molecular flexibility index (Phi) is 21.8. The molecule has 4 aliphatic rings. The number of benzene rings is 3. The standard InChI is InChI=1S/C21H24N6.C20H22N6.C19H21N7.C19H20N6/c1-15-6-7-19-17(11-15)18-13-26(3)10-8-20(18)27(19)14-21(2,24-25-22)16-5-4-9-23-12-16;1-14-3-4-19-16(11-14)17-12-25(2)10-7-20(17)26(19)13-18(23-24-21)15-5-8-22-9-6-15;1-13-9-15-16-11-25(2)8-5-18(16)26(19(15)22-10-13)12-17(23-24-20)14-3-6-21-7-4-14;1-24-11-8-19-16(12-24)15-4-2-3-5-18(15)25(19)13-17(22-23-20)14-6-9-21-10-7-14/h4-7,9,11-12H,8,10,13-14H2,1-3H3;3-6,8-9,11,18H,7,10,12-13H2,1-2H3;3-4,6-7,9-10,17H,5,8,11-12H2,1-2H3;2-7,9-10,17H,8,11-13H2,1H3. The van der Waals surface area contributed by atoms with E-state index in [0.717, 1.165) is 112 Å². The van der Waals surface area contributed by atoms with E-state index in [4.69, 9.17) is 21.6 Å². The predicted octanol–water partition coefficient (Wildman–Crippen LogP) is 16.8. The van der Waals surface area contributed by atoms with Crippen LogP contribution in [0.15, 0.2) is 191 Å². The maximum atomic E-state index is 9.24. The van der Waals surface area contributed by atoms with Gasteiger partial charge in [0, 0.05) is 241 Å². The first-order valence-electron chi connectivity index (χ1n) is 35.4. The molecule has 0 amide bonds. The molecule has 3 aromatic carbocycles. The van der Waals surface area contributed by atoms with E-state index in [0.29, 0.717) is 26.2 Å². The zero-order valence-electron chi connectivity index (χ0n) is 60.4. The van der Waals surface area contributed by atoms with Gasteiger partial charge in [-0.15, -0.1) is 0 Å². The van der Waals surface area contributed by atoms with Gasteiger partial charge in [-0.2, -0.15) is 0 Å². The van der Waals surface area contributed by atoms with Gasteiger partial charge in [0.05, 0.1) is 23.7 Å². The molecule has 0 bridgehead atoms. The van der Waals surface area contributed by atoms with E-state index in [-0.39, 0.29) is 18.1 Å². The molecule has 104 heavy (non-hydrogen) atoms. The quantitative estimate of drug-likeness (QED) is 0.0504. The zero-order valence-corrected chi connectivity index (χ0v) is 60.4. The van der Waals surface area contributed by atoms with Gasteiger partial charge in [-0.25, -0.2) is 4.98 Å². The first-order valence-corrected chi connectivity index (χ1v) is 35.4. The molecular weight excluding hydrogens is 1300 g/mol. The smallest absolute Gasteiger partial charge is 0.140 e. The summed E-state index contributed by atoms with van der Waals surface area (Å²) < 4.78 is 9.31. The highest BCUT2D eigenvalue weighted by atomic mass is 15.2. The van der Waals surface area contributed by atoms with Crippen LogP contribution < -0.4 is 0 Å². The number of rotatable bonds is 16. The summed E-state index contributed by atoms with van der Waals surface area (Å²) in [5.41, 5.74) is 58.9. The van der Waals surface area contributed by atoms with Crippen LogP contribution in [0.5, 0.6) is 0 Å². The third kappa shape index (κ3) is 15.2. The van der Waals surface area contributed by atoms with E-state index in [1.807, 2.05) is 61.7 Å². The Labute approximate surface area is 604 Å². The normalized spacial score (nSPS) is 15.8. The van der Waals surface area contributed by atoms with E-state index < -0.39 is 5.54 Å². The second-order valence-electron chi connectivity index (χ2n) is 28.2. The van der Waals surface area contributed by atoms with Crippen molar-refractivity contribution < 1.29 is 0 Å². The topological polar surface area (TPSA) is 292 Å². The van der Waals surface area contributed by atoms with Crippen LogP contribution in [0.3, 0.4) is 0 Å². The molecule has 25 nitrogen and oxygen atoms in total. The van der Waals surface area contributed by atoms with E-state index in [9.17, 15) is 5.53 Å². The molecule has 4 aliphatic heterocycles. The van der Waals surface area contributed by atoms with Crippen LogP contribution in [0.2, 0.25) is 0 Å². The predicted molar refractivity (Wildman–Crippen MR) is 409 cm³/mol. The summed E-state index contributed by atoms with van der Waals surface area (Å²) in [5.74, 6) is 0. The van der Waals surface area contributed by atoms with Crippen LogP contribution in [0.4, 0.5) is 0 Å². The van der Waals surface area contributed by atoms with Crippen molar-refractivity contribution in [3.63, 3.8) is 0 Å². The maximum Gasteiger partial charge on any atom is 0.140 e. The third-order valence-corrected chi connectivity index (χ3v) is 20.9. The Bertz CT molecular complexity index is 5090. The molecule has 4 unspecified atom stereocenters. The molecule has 25 heteroatoms. The summed E-state index contributed by atoms with van der Waals surface area (Å²) in [6.45, 7) is 18.7. The lowest BCUT2D eigenvalue weighted by molar-refractivity contribution is 0.305. The van der Waals surface area contributed by atoms with Crippen molar-refractivity contribution in [2.75, 3.05) is 54.4 Å². The molecule has 0 radical (unpaired) electrons. The van der Waals surface area contributed by atoms with Crippen molar-refractivity contribution in [2.24, 2.45) is 20.5 Å². The number of likely N-dealkylation sites (N-methyl/N-ethyl adjacent to an activating group) is 4. The number of hydrogen-bond acceptors (Lipinski definition) is 13. The summed E-state index contributed by atoms with van der Waals surface area (Å²) in [4.78, 5) is 43.0. The second-order valence-corrected chi connectivity index (χ2v) is 28.2. The van der Waals surface area contributed by atoms with Gasteiger partial charge in [0.1, 0.15) is 5.65 Å². The molecule has 12 aromatic rings. The van der Waals surface area contributed by atoms with Crippen molar-refractivity contribution >= 4 is 43.7 Å². The molecule has 16 rings (SSSR count). The molecule has 0 fully saturated rings. The number of fused-ring (bicyclic) bond motifs is 12. The number of aryl methyl sites for hydroxylation is 3. The van der Waals surface area contributed by atoms with Gasteiger partial charge in [-0.3, -0.25) is 19.9 Å². The molecule has 9 aromatic heterocycles. The van der Waals surface area contributed by atoms with Crippen molar-refractivity contribution in [1.29, 1.82) is 0 Å². The van der Waals surface area contributed by atoms with Crippen LogP contribution in [0, 0.1) is 20.8 Å². The van der Waals surface area contributed by atoms with Crippen LogP contribution in [0.1, 0.15) is 109 Å². The third-order valence-electron chi connectivity index (χ3n) is 20.9. The zero-order chi connectivity index (χ0) is 72.4. The molecule has 0 saturated heterocycles. The van der Waals surface area contributed by atoms with E-state index in [1.165, 1.54) is 94.3 Å². The van der Waals surface area contributed by atoms with E-state index >= 15 is 0 Å². The van der Waals surface area contributed by atoms with Crippen LogP contribution in [0.25, 0.3) is 85.5 Å². The summed E-state index contributed by atoms with van der Waals surface area (Å²) in [5, 5.41) is 21.5. The number of aromatic nitrogens is 9. The summed E-state index contributed by atoms with van der Waals surface area (Å²) in [6.07, 6.45) is 19.9. The number of para-hydroxylation sites is 1. The first-order chi connectivity index (χ1) is 50.6. The van der Waals surface area contributed by atoms with Crippen molar-refractivity contribution in [2.45, 2.75) is 129 Å². The van der Waals surface area contributed by atoms with Gasteiger partial charge < -0.3 is 37.9 Å². The lowest BCUT2D eigenvalue weighted by atomic mass is 9.94. The Hall–Kier alpha value is -11.4. The fourth-order valence-corrected chi connectivity index (χ4v) is 15.6. The fourth-order valence-electron chi connectivity index (χ4n) is 15.6. The molecule has 528 valence electrons. The largest absolute Gasteiger partial charge is 0.343 e. The molecule has 4 atom stereocenters. The second kappa shape index (κ2) is 31.9. The van der Waals surface area contributed by atoms with Gasteiger partial charge >= 0.3 is 0 Å². The number of nitrogens with zero attached hydrogens (tertiary/aromatic N) is 25. The average molecular weight is 1390 g/mol. The lowest BCUT2D eigenvalue weighted by Gasteiger charge is -2.29. The van der Waals surface area contributed by atoms with Gasteiger partial charge in [0.25, 0.3) is 0 Å². The van der Waals surface area contributed by atoms with Gasteiger partial charge in [0.15, 0.2) is 0 Å². The molecule has 0 spiro atoms. The SMILES string of the molecule is CN1CCc2c(c3ccccc3n2CC(N=[N+]=[N-])c2ccncc2)C1.Cc1ccc2c(c1)c1c(n2CC(C)(N=[N+]=[N-])c2cccnc2)CCN(C)C1.Cc1ccc2c(c1)c1c(n2CC(N=[N+]=[N-])c2ccncc2)CCN(C)C1.Cc1cnc2c(c1)c1c(n2CC(N=[N+]=[N-])c2ccncc2)CCN(C)C1. The molecule has 0 aliphatic carbocycles. The van der Waals surface area contributed by atoms with Gasteiger partial charge in [0.2, 0.25) is 0 Å². The molecule has 13 heterocycles. The fraction of sp³-hybridized carbons (Fsp3) is 0.354. The van der Waals surface area contributed by atoms with Crippen molar-refractivity contribution in [3.05, 3.63) is 297 Å². The Morgan fingerprint density at radius 3 is 1.27 bits per heavy atom. The first kappa shape index (κ1) is 71.1. The minimum atomic E-state index is -0.697. The number of pyridine rings is 5. The summed E-state index contributed by atoms with van der Waals surface area (Å²) in [7, 11) is 8.65. The molecule has 0 saturated carbocycles. The molecule has 0 N–H and O–H groups in total. The highest BCUT2D eigenvalue weighted by molar-refractivity contribution is 5.88. The molecular formula is C79H87N25. The minimum Gasteiger partial charge on any atom is -0.343 e. The van der Waals surface area contributed by atoms with Crippen LogP contribution in [-0.4, -0.2) is 117 Å². The van der Waals surface area contributed by atoms with Crippen molar-refractivity contribution in [1.82, 2.24) is 62.8 Å². The van der Waals surface area contributed by atoms with Gasteiger partial charge in [-0.1, -0.05) is 68.0 Å². The summed E-state index contributed by atoms with van der Waals surface area (Å²) in [6, 6.07) is 38.6. The highest BCUT2D eigenvalue weighted by Gasteiger charge is 2.32. The Morgan fingerprint density at radius 1 is 0.413 bits per heavy atom.